The van der Waals surface area contributed by atoms with Gasteiger partial charge in [0, 0.05) is 38.3 Å². The van der Waals surface area contributed by atoms with Crippen molar-refractivity contribution in [2.24, 2.45) is 0 Å². The lowest BCUT2D eigenvalue weighted by atomic mass is 10.1. The molecule has 38 heavy (non-hydrogen) atoms. The molecule has 0 atom stereocenters. The summed E-state index contributed by atoms with van der Waals surface area (Å²) in [5.74, 6) is 1.02. The highest BCUT2D eigenvalue weighted by atomic mass is 32.2. The number of nitrogens with zero attached hydrogens (tertiary/aromatic N) is 2. The molecule has 1 fully saturated rings. The number of piperazine rings is 1. The quantitative estimate of drug-likeness (QED) is 0.339. The van der Waals surface area contributed by atoms with Crippen LogP contribution in [0.1, 0.15) is 15.9 Å². The summed E-state index contributed by atoms with van der Waals surface area (Å²) in [4.78, 5) is 15.6. The summed E-state index contributed by atoms with van der Waals surface area (Å²) in [7, 11) is -3.49. The molecule has 0 radical (unpaired) electrons. The molecule has 1 heterocycles. The number of ether oxygens (including phenoxy) is 1. The fourth-order valence-electron chi connectivity index (χ4n) is 4.41. The Morgan fingerprint density at radius 2 is 1.42 bits per heavy atom. The molecule has 1 aliphatic rings. The smallest absolute Gasteiger partial charge is 0.255 e. The number of carbonyl (C=O) groups is 1. The van der Waals surface area contributed by atoms with E-state index in [-0.39, 0.29) is 5.91 Å². The van der Waals surface area contributed by atoms with E-state index < -0.39 is 10.0 Å². The van der Waals surface area contributed by atoms with Crippen LogP contribution in [-0.2, 0) is 16.6 Å². The molecule has 194 valence electrons. The standard InChI is InChI=1S/C30H29N3O4S/c34-30(31-28-16-7-8-17-29(28)37-26-12-3-1-4-13-26)25-11-9-10-24(22-25)23-32-18-20-33(21-19-32)38(35,36)27-14-5-2-6-15-27/h1-17,22H,18-21,23H2,(H,31,34). The van der Waals surface area contributed by atoms with Crippen LogP contribution in [0.25, 0.3) is 0 Å². The van der Waals surface area contributed by atoms with Crippen molar-refractivity contribution in [2.45, 2.75) is 11.4 Å². The number of para-hydroxylation sites is 3. The van der Waals surface area contributed by atoms with Crippen LogP contribution < -0.4 is 10.1 Å². The lowest BCUT2D eigenvalue weighted by molar-refractivity contribution is 0.102. The molecule has 0 spiro atoms. The predicted molar refractivity (Wildman–Crippen MR) is 148 cm³/mol. The van der Waals surface area contributed by atoms with Crippen molar-refractivity contribution in [2.75, 3.05) is 31.5 Å². The minimum atomic E-state index is -3.49. The van der Waals surface area contributed by atoms with E-state index in [4.69, 9.17) is 4.74 Å². The molecule has 0 aromatic heterocycles. The van der Waals surface area contributed by atoms with Crippen molar-refractivity contribution in [1.29, 1.82) is 0 Å². The first-order valence-corrected chi connectivity index (χ1v) is 13.9. The largest absolute Gasteiger partial charge is 0.455 e. The monoisotopic (exact) mass is 527 g/mol. The summed E-state index contributed by atoms with van der Waals surface area (Å²) >= 11 is 0. The molecule has 0 aliphatic carbocycles. The molecule has 1 amide bonds. The van der Waals surface area contributed by atoms with Crippen LogP contribution in [0.4, 0.5) is 5.69 Å². The molecule has 0 unspecified atom stereocenters. The van der Waals surface area contributed by atoms with Gasteiger partial charge in [-0.15, -0.1) is 0 Å². The summed E-state index contributed by atoms with van der Waals surface area (Å²) < 4.78 is 33.3. The Bertz CT molecular complexity index is 1490. The van der Waals surface area contributed by atoms with Crippen LogP contribution in [-0.4, -0.2) is 49.7 Å². The van der Waals surface area contributed by atoms with Gasteiger partial charge in [0.25, 0.3) is 5.91 Å². The third kappa shape index (κ3) is 6.11. The highest BCUT2D eigenvalue weighted by Crippen LogP contribution is 2.29. The van der Waals surface area contributed by atoms with E-state index in [1.54, 1.807) is 30.3 Å². The van der Waals surface area contributed by atoms with Gasteiger partial charge in [-0.05, 0) is 54.1 Å². The number of carbonyl (C=O) groups excluding carboxylic acids is 1. The number of hydrogen-bond acceptors (Lipinski definition) is 5. The topological polar surface area (TPSA) is 79.0 Å². The molecule has 4 aromatic rings. The van der Waals surface area contributed by atoms with E-state index in [1.807, 2.05) is 78.9 Å². The second kappa shape index (κ2) is 11.6. The van der Waals surface area contributed by atoms with Crippen molar-refractivity contribution in [1.82, 2.24) is 9.21 Å². The number of anilines is 1. The van der Waals surface area contributed by atoms with Gasteiger partial charge in [-0.25, -0.2) is 8.42 Å². The minimum Gasteiger partial charge on any atom is -0.455 e. The number of rotatable bonds is 8. The second-order valence-corrected chi connectivity index (χ2v) is 11.0. The minimum absolute atomic E-state index is 0.227. The first-order chi connectivity index (χ1) is 18.5. The average molecular weight is 528 g/mol. The van der Waals surface area contributed by atoms with Gasteiger partial charge < -0.3 is 10.1 Å². The van der Waals surface area contributed by atoms with Crippen LogP contribution in [0.2, 0.25) is 0 Å². The first-order valence-electron chi connectivity index (χ1n) is 12.5. The van der Waals surface area contributed by atoms with Crippen LogP contribution in [0.5, 0.6) is 11.5 Å². The molecule has 8 heteroatoms. The van der Waals surface area contributed by atoms with Gasteiger partial charge in [0.2, 0.25) is 10.0 Å². The zero-order chi connectivity index (χ0) is 26.4. The first kappa shape index (κ1) is 25.7. The maximum absolute atomic E-state index is 13.1. The Hall–Kier alpha value is -3.98. The van der Waals surface area contributed by atoms with Crippen molar-refractivity contribution in [3.05, 3.63) is 120 Å². The zero-order valence-corrected chi connectivity index (χ0v) is 21.7. The van der Waals surface area contributed by atoms with Gasteiger partial charge in [-0.3, -0.25) is 9.69 Å². The SMILES string of the molecule is O=C(Nc1ccccc1Oc1ccccc1)c1cccc(CN2CCN(S(=O)(=O)c3ccccc3)CC2)c1. The molecule has 1 saturated heterocycles. The number of sulfonamides is 1. The average Bonchev–Trinajstić information content (AvgIpc) is 2.95. The van der Waals surface area contributed by atoms with Crippen LogP contribution in [0, 0.1) is 0 Å². The van der Waals surface area contributed by atoms with Gasteiger partial charge >= 0.3 is 0 Å². The van der Waals surface area contributed by atoms with E-state index in [1.165, 1.54) is 4.31 Å². The fourth-order valence-corrected chi connectivity index (χ4v) is 5.85. The Morgan fingerprint density at radius 1 is 0.763 bits per heavy atom. The molecule has 0 saturated carbocycles. The Kier molecular flexibility index (Phi) is 7.83. The van der Waals surface area contributed by atoms with E-state index in [9.17, 15) is 13.2 Å². The van der Waals surface area contributed by atoms with Crippen LogP contribution in [0.15, 0.2) is 114 Å². The molecular weight excluding hydrogens is 498 g/mol. The third-order valence-electron chi connectivity index (χ3n) is 6.41. The van der Waals surface area contributed by atoms with Gasteiger partial charge in [0.1, 0.15) is 5.75 Å². The fraction of sp³-hybridized carbons (Fsp3) is 0.167. The van der Waals surface area contributed by atoms with Crippen molar-refractivity contribution in [3.8, 4) is 11.5 Å². The summed E-state index contributed by atoms with van der Waals surface area (Å²) in [6.45, 7) is 2.72. The molecule has 1 N–H and O–H groups in total. The van der Waals surface area contributed by atoms with Gasteiger partial charge in [0.15, 0.2) is 5.75 Å². The number of benzene rings is 4. The maximum atomic E-state index is 13.1. The normalized spacial score (nSPS) is 14.6. The lowest BCUT2D eigenvalue weighted by Crippen LogP contribution is -2.48. The van der Waals surface area contributed by atoms with E-state index >= 15 is 0 Å². The molecular formula is C30H29N3O4S. The number of amides is 1. The van der Waals surface area contributed by atoms with Crippen molar-refractivity contribution < 1.29 is 17.9 Å². The summed E-state index contributed by atoms with van der Waals surface area (Å²) in [6, 6.07) is 32.8. The van der Waals surface area contributed by atoms with Gasteiger partial charge in [0.05, 0.1) is 10.6 Å². The molecule has 0 bridgehead atoms. The molecule has 5 rings (SSSR count). The Balaban J connectivity index is 1.21. The molecule has 4 aromatic carbocycles. The summed E-state index contributed by atoms with van der Waals surface area (Å²) in [6.07, 6.45) is 0. The predicted octanol–water partition coefficient (Wildman–Crippen LogP) is 5.24. The van der Waals surface area contributed by atoms with E-state index in [2.05, 4.69) is 10.2 Å². The highest BCUT2D eigenvalue weighted by molar-refractivity contribution is 7.89. The van der Waals surface area contributed by atoms with Crippen LogP contribution in [0.3, 0.4) is 0 Å². The third-order valence-corrected chi connectivity index (χ3v) is 8.33. The Labute approximate surface area is 223 Å². The summed E-state index contributed by atoms with van der Waals surface area (Å²) in [5.41, 5.74) is 2.12. The highest BCUT2D eigenvalue weighted by Gasteiger charge is 2.28. The zero-order valence-electron chi connectivity index (χ0n) is 20.9. The van der Waals surface area contributed by atoms with E-state index in [0.29, 0.717) is 60.4 Å². The second-order valence-electron chi connectivity index (χ2n) is 9.06. The number of hydrogen-bond donors (Lipinski definition) is 1. The summed E-state index contributed by atoms with van der Waals surface area (Å²) in [5, 5.41) is 2.96. The van der Waals surface area contributed by atoms with Crippen LogP contribution >= 0.6 is 0 Å². The lowest BCUT2D eigenvalue weighted by Gasteiger charge is -2.34. The van der Waals surface area contributed by atoms with Gasteiger partial charge in [-0.2, -0.15) is 4.31 Å². The Morgan fingerprint density at radius 3 is 2.16 bits per heavy atom. The molecule has 7 nitrogen and oxygen atoms in total. The number of nitrogens with one attached hydrogen (secondary N) is 1. The van der Waals surface area contributed by atoms with Gasteiger partial charge in [-0.1, -0.05) is 60.7 Å². The van der Waals surface area contributed by atoms with Crippen molar-refractivity contribution >= 4 is 21.6 Å². The maximum Gasteiger partial charge on any atom is 0.255 e. The van der Waals surface area contributed by atoms with E-state index in [0.717, 1.165) is 5.56 Å². The van der Waals surface area contributed by atoms with Crippen molar-refractivity contribution in [3.63, 3.8) is 0 Å². The molecule has 1 aliphatic heterocycles.